The zero-order chi connectivity index (χ0) is 12.1. The zero-order valence-corrected chi connectivity index (χ0v) is 9.54. The molecule has 4 heteroatoms. The molecule has 2 atom stereocenters. The Hall–Kier alpha value is -1.39. The number of carbonyl (C=O) groups is 1. The summed E-state index contributed by atoms with van der Waals surface area (Å²) < 4.78 is 10.5. The largest absolute Gasteiger partial charge is 0.460 e. The number of aliphatic hydroxyl groups excluding tert-OH is 1. The highest BCUT2D eigenvalue weighted by Crippen LogP contribution is 2.15. The van der Waals surface area contributed by atoms with Crippen molar-refractivity contribution in [2.45, 2.75) is 31.7 Å². The summed E-state index contributed by atoms with van der Waals surface area (Å²) in [6.45, 7) is 0.822. The highest BCUT2D eigenvalue weighted by Gasteiger charge is 2.27. The van der Waals surface area contributed by atoms with Crippen LogP contribution in [0.25, 0.3) is 0 Å². The summed E-state index contributed by atoms with van der Waals surface area (Å²) in [7, 11) is 0. The van der Waals surface area contributed by atoms with Gasteiger partial charge in [0.05, 0.1) is 25.7 Å². The van der Waals surface area contributed by atoms with Crippen molar-refractivity contribution in [3.63, 3.8) is 0 Å². The summed E-state index contributed by atoms with van der Waals surface area (Å²) in [6, 6.07) is 9.79. The van der Waals surface area contributed by atoms with E-state index >= 15 is 0 Å². The van der Waals surface area contributed by atoms with Gasteiger partial charge in [0.2, 0.25) is 0 Å². The van der Waals surface area contributed by atoms with Gasteiger partial charge in [0.15, 0.2) is 0 Å². The average Bonchev–Trinajstić information content (AvgIpc) is 2.29. The van der Waals surface area contributed by atoms with Gasteiger partial charge >= 0.3 is 5.97 Å². The van der Waals surface area contributed by atoms with Gasteiger partial charge in [-0.1, -0.05) is 30.3 Å². The molecule has 1 fully saturated rings. The van der Waals surface area contributed by atoms with Gasteiger partial charge in [-0.05, 0) is 5.56 Å². The lowest BCUT2D eigenvalue weighted by Crippen LogP contribution is -2.35. The predicted molar refractivity (Wildman–Crippen MR) is 61.2 cm³/mol. The molecule has 0 saturated carbocycles. The van der Waals surface area contributed by atoms with Crippen molar-refractivity contribution < 1.29 is 19.4 Å². The molecule has 17 heavy (non-hydrogen) atoms. The molecule has 0 bridgehead atoms. The lowest BCUT2D eigenvalue weighted by molar-refractivity contribution is -0.164. The van der Waals surface area contributed by atoms with Gasteiger partial charge in [0.25, 0.3) is 0 Å². The molecule has 0 radical (unpaired) electrons. The van der Waals surface area contributed by atoms with Crippen LogP contribution in [0.2, 0.25) is 0 Å². The van der Waals surface area contributed by atoms with E-state index < -0.39 is 6.10 Å². The van der Waals surface area contributed by atoms with E-state index in [1.807, 2.05) is 30.3 Å². The van der Waals surface area contributed by atoms with Crippen LogP contribution >= 0.6 is 0 Å². The molecule has 0 unspecified atom stereocenters. The fourth-order valence-corrected chi connectivity index (χ4v) is 1.85. The molecule has 1 aliphatic heterocycles. The van der Waals surface area contributed by atoms with E-state index in [2.05, 4.69) is 0 Å². The van der Waals surface area contributed by atoms with E-state index in [0.29, 0.717) is 19.6 Å². The normalized spacial score (nSPS) is 24.4. The first-order chi connectivity index (χ1) is 8.24. The third kappa shape index (κ3) is 3.84. The summed E-state index contributed by atoms with van der Waals surface area (Å²) in [5, 5.41) is 9.41. The van der Waals surface area contributed by atoms with Crippen molar-refractivity contribution in [3.05, 3.63) is 35.9 Å². The van der Waals surface area contributed by atoms with Crippen molar-refractivity contribution in [1.29, 1.82) is 0 Å². The van der Waals surface area contributed by atoms with E-state index in [-0.39, 0.29) is 18.5 Å². The van der Waals surface area contributed by atoms with Crippen LogP contribution in [0.15, 0.2) is 30.3 Å². The third-order valence-electron chi connectivity index (χ3n) is 2.65. The number of ether oxygens (including phenoxy) is 2. The Kier molecular flexibility index (Phi) is 4.12. The lowest BCUT2D eigenvalue weighted by atomic mass is 10.1. The fourth-order valence-electron chi connectivity index (χ4n) is 1.85. The molecular formula is C13H16O4. The second-order valence-corrected chi connectivity index (χ2v) is 4.21. The number of aliphatic hydroxyl groups is 1. The molecule has 1 aromatic rings. The number of benzene rings is 1. The lowest BCUT2D eigenvalue weighted by Gasteiger charge is -2.25. The number of carbonyl (C=O) groups excluding carboxylic acids is 1. The molecule has 92 valence electrons. The quantitative estimate of drug-likeness (QED) is 0.800. The Morgan fingerprint density at radius 3 is 2.82 bits per heavy atom. The molecule has 1 heterocycles. The fraction of sp³-hybridized carbons (Fsp3) is 0.462. The number of esters is 1. The average molecular weight is 236 g/mol. The Bertz CT molecular complexity index is 363. The summed E-state index contributed by atoms with van der Waals surface area (Å²) in [6.07, 6.45) is -0.369. The number of hydrogen-bond donors (Lipinski definition) is 1. The van der Waals surface area contributed by atoms with Gasteiger partial charge in [0.1, 0.15) is 6.10 Å². The minimum Gasteiger partial charge on any atom is -0.460 e. The molecular weight excluding hydrogens is 220 g/mol. The Balaban J connectivity index is 1.73. The molecule has 1 N–H and O–H groups in total. The van der Waals surface area contributed by atoms with Crippen LogP contribution in [-0.2, 0) is 20.9 Å². The Morgan fingerprint density at radius 2 is 2.12 bits per heavy atom. The topological polar surface area (TPSA) is 55.8 Å². The first-order valence-corrected chi connectivity index (χ1v) is 5.73. The van der Waals surface area contributed by atoms with Crippen molar-refractivity contribution >= 4 is 5.97 Å². The highest BCUT2D eigenvalue weighted by atomic mass is 16.6. The minimum absolute atomic E-state index is 0.0924. The molecule has 4 nitrogen and oxygen atoms in total. The van der Waals surface area contributed by atoms with Crippen molar-refractivity contribution in [2.75, 3.05) is 6.61 Å². The molecule has 0 amide bonds. The summed E-state index contributed by atoms with van der Waals surface area (Å²) in [5.41, 5.74) is 1.08. The molecule has 1 aromatic carbocycles. The molecule has 0 aliphatic carbocycles. The summed E-state index contributed by atoms with van der Waals surface area (Å²) >= 11 is 0. The molecule has 2 rings (SSSR count). The number of hydrogen-bond acceptors (Lipinski definition) is 4. The SMILES string of the molecule is O=C1C[C@H](O)C[C@@H](COCc2ccccc2)O1. The number of cyclic esters (lactones) is 1. The number of rotatable bonds is 4. The monoisotopic (exact) mass is 236 g/mol. The van der Waals surface area contributed by atoms with Gasteiger partial charge in [0, 0.05) is 6.42 Å². The third-order valence-corrected chi connectivity index (χ3v) is 2.65. The molecule has 1 saturated heterocycles. The smallest absolute Gasteiger partial charge is 0.308 e. The van der Waals surface area contributed by atoms with E-state index in [9.17, 15) is 9.90 Å². The highest BCUT2D eigenvalue weighted by molar-refractivity contribution is 5.70. The summed E-state index contributed by atoms with van der Waals surface area (Å²) in [5.74, 6) is -0.350. The Morgan fingerprint density at radius 1 is 1.35 bits per heavy atom. The van der Waals surface area contributed by atoms with Gasteiger partial charge in [-0.15, -0.1) is 0 Å². The van der Waals surface area contributed by atoms with Gasteiger partial charge in [-0.25, -0.2) is 0 Å². The van der Waals surface area contributed by atoms with E-state index in [1.165, 1.54) is 0 Å². The second kappa shape index (κ2) is 5.80. The van der Waals surface area contributed by atoms with Crippen LogP contribution in [0.5, 0.6) is 0 Å². The van der Waals surface area contributed by atoms with E-state index in [0.717, 1.165) is 5.56 Å². The van der Waals surface area contributed by atoms with Crippen LogP contribution in [0.1, 0.15) is 18.4 Å². The van der Waals surface area contributed by atoms with E-state index in [4.69, 9.17) is 9.47 Å². The van der Waals surface area contributed by atoms with Crippen molar-refractivity contribution in [2.24, 2.45) is 0 Å². The van der Waals surface area contributed by atoms with Crippen molar-refractivity contribution in [3.8, 4) is 0 Å². The van der Waals surface area contributed by atoms with Gasteiger partial charge in [-0.2, -0.15) is 0 Å². The van der Waals surface area contributed by atoms with Gasteiger partial charge < -0.3 is 14.6 Å². The van der Waals surface area contributed by atoms with Crippen molar-refractivity contribution in [1.82, 2.24) is 0 Å². The second-order valence-electron chi connectivity index (χ2n) is 4.21. The molecule has 0 aromatic heterocycles. The summed E-state index contributed by atoms with van der Waals surface area (Å²) in [4.78, 5) is 11.1. The maximum absolute atomic E-state index is 11.1. The molecule has 0 spiro atoms. The van der Waals surface area contributed by atoms with Crippen LogP contribution in [0.4, 0.5) is 0 Å². The van der Waals surface area contributed by atoms with Gasteiger partial charge in [-0.3, -0.25) is 4.79 Å². The Labute approximate surface area is 100 Å². The maximum atomic E-state index is 11.1. The van der Waals surface area contributed by atoms with Crippen LogP contribution in [0.3, 0.4) is 0 Å². The van der Waals surface area contributed by atoms with Crippen LogP contribution in [-0.4, -0.2) is 29.9 Å². The van der Waals surface area contributed by atoms with E-state index in [1.54, 1.807) is 0 Å². The first-order valence-electron chi connectivity index (χ1n) is 5.73. The zero-order valence-electron chi connectivity index (χ0n) is 9.54. The van der Waals surface area contributed by atoms with Crippen LogP contribution < -0.4 is 0 Å². The predicted octanol–water partition coefficient (Wildman–Crippen LogP) is 1.27. The molecule has 1 aliphatic rings. The maximum Gasteiger partial charge on any atom is 0.308 e. The van der Waals surface area contributed by atoms with Crippen LogP contribution in [0, 0.1) is 0 Å². The minimum atomic E-state index is -0.596. The first kappa shape index (κ1) is 12.1. The standard InChI is InChI=1S/C13H16O4/c14-11-6-12(17-13(15)7-11)9-16-8-10-4-2-1-3-5-10/h1-5,11-12,14H,6-9H2/t11-,12+/m1/s1.